The zero-order chi connectivity index (χ0) is 23.1. The van der Waals surface area contributed by atoms with Crippen LogP contribution in [-0.2, 0) is 0 Å². The SMILES string of the molecule is CCCCCCCCCCCCCCC1N(CCCC)C=CN1CCCCCCCCC. The van der Waals surface area contributed by atoms with Crippen LogP contribution in [-0.4, -0.2) is 29.1 Å². The van der Waals surface area contributed by atoms with E-state index >= 15 is 0 Å². The lowest BCUT2D eigenvalue weighted by Gasteiger charge is -2.33. The summed E-state index contributed by atoms with van der Waals surface area (Å²) in [6.45, 7) is 9.43. The molecule has 1 unspecified atom stereocenters. The Labute approximate surface area is 203 Å². The van der Waals surface area contributed by atoms with Gasteiger partial charge < -0.3 is 9.80 Å². The second-order valence-corrected chi connectivity index (χ2v) is 10.4. The lowest BCUT2D eigenvalue weighted by atomic mass is 10.0. The van der Waals surface area contributed by atoms with Crippen LogP contribution in [0.3, 0.4) is 0 Å². The van der Waals surface area contributed by atoms with E-state index in [2.05, 4.69) is 43.0 Å². The fourth-order valence-electron chi connectivity index (χ4n) is 5.10. The standard InChI is InChI=1S/C30H60N2/c1-4-7-10-12-14-15-16-17-18-19-21-23-25-30-31(26-9-6-3)28-29-32(30)27-24-22-20-13-11-8-5-2/h28-30H,4-27H2,1-3H3. The van der Waals surface area contributed by atoms with Crippen molar-refractivity contribution >= 4 is 0 Å². The van der Waals surface area contributed by atoms with Gasteiger partial charge in [-0.15, -0.1) is 0 Å². The molecule has 1 aliphatic heterocycles. The van der Waals surface area contributed by atoms with E-state index in [0.717, 1.165) is 0 Å². The van der Waals surface area contributed by atoms with Gasteiger partial charge in [-0.1, -0.05) is 136 Å². The Balaban J connectivity index is 2.12. The second kappa shape index (κ2) is 22.1. The predicted octanol–water partition coefficient (Wildman–Crippen LogP) is 10.0. The van der Waals surface area contributed by atoms with Gasteiger partial charge >= 0.3 is 0 Å². The third-order valence-electron chi connectivity index (χ3n) is 7.32. The van der Waals surface area contributed by atoms with E-state index in [1.54, 1.807) is 0 Å². The van der Waals surface area contributed by atoms with Gasteiger partial charge in [0.05, 0.1) is 0 Å². The van der Waals surface area contributed by atoms with Gasteiger partial charge in [-0.2, -0.15) is 0 Å². The van der Waals surface area contributed by atoms with Gasteiger partial charge in [-0.25, -0.2) is 0 Å². The fraction of sp³-hybridized carbons (Fsp3) is 0.933. The molecular weight excluding hydrogens is 388 g/mol. The van der Waals surface area contributed by atoms with Crippen LogP contribution in [0.15, 0.2) is 12.4 Å². The Bertz CT molecular complexity index is 406. The van der Waals surface area contributed by atoms with Gasteiger partial charge in [-0.05, 0) is 25.7 Å². The first kappa shape index (κ1) is 29.4. The molecule has 0 aliphatic carbocycles. The molecule has 1 heterocycles. The molecule has 0 fully saturated rings. The van der Waals surface area contributed by atoms with Gasteiger partial charge in [0.1, 0.15) is 6.17 Å². The first-order chi connectivity index (χ1) is 15.8. The summed E-state index contributed by atoms with van der Waals surface area (Å²) in [4.78, 5) is 5.31. The molecule has 0 saturated heterocycles. The topological polar surface area (TPSA) is 6.48 Å². The summed E-state index contributed by atoms with van der Waals surface area (Å²) >= 11 is 0. The molecule has 190 valence electrons. The van der Waals surface area contributed by atoms with Crippen LogP contribution in [0.4, 0.5) is 0 Å². The highest BCUT2D eigenvalue weighted by molar-refractivity contribution is 4.96. The Morgan fingerprint density at radius 1 is 0.406 bits per heavy atom. The van der Waals surface area contributed by atoms with Crippen LogP contribution in [0, 0.1) is 0 Å². The molecular formula is C30H60N2. The Kier molecular flexibility index (Phi) is 20.3. The summed E-state index contributed by atoms with van der Waals surface area (Å²) in [6, 6.07) is 0. The molecule has 1 aliphatic rings. The largest absolute Gasteiger partial charge is 0.356 e. The maximum absolute atomic E-state index is 2.67. The average Bonchev–Trinajstić information content (AvgIpc) is 3.19. The van der Waals surface area contributed by atoms with E-state index in [1.807, 2.05) is 0 Å². The summed E-state index contributed by atoms with van der Waals surface area (Å²) in [5.41, 5.74) is 0. The van der Waals surface area contributed by atoms with Gasteiger partial charge in [0.15, 0.2) is 0 Å². The van der Waals surface area contributed by atoms with Crippen molar-refractivity contribution in [2.45, 2.75) is 168 Å². The highest BCUT2D eigenvalue weighted by Gasteiger charge is 2.24. The molecule has 0 spiro atoms. The zero-order valence-corrected chi connectivity index (χ0v) is 22.6. The van der Waals surface area contributed by atoms with Crippen molar-refractivity contribution in [1.29, 1.82) is 0 Å². The van der Waals surface area contributed by atoms with Crippen molar-refractivity contribution in [3.63, 3.8) is 0 Å². The Morgan fingerprint density at radius 2 is 0.750 bits per heavy atom. The van der Waals surface area contributed by atoms with Crippen LogP contribution < -0.4 is 0 Å². The molecule has 1 atom stereocenters. The molecule has 0 saturated carbocycles. The minimum Gasteiger partial charge on any atom is -0.356 e. The maximum Gasteiger partial charge on any atom is 0.101 e. The van der Waals surface area contributed by atoms with E-state index < -0.39 is 0 Å². The summed E-state index contributed by atoms with van der Waals surface area (Å²) < 4.78 is 0. The predicted molar refractivity (Wildman–Crippen MR) is 145 cm³/mol. The van der Waals surface area contributed by atoms with Crippen molar-refractivity contribution in [2.75, 3.05) is 13.1 Å². The highest BCUT2D eigenvalue weighted by Crippen LogP contribution is 2.23. The van der Waals surface area contributed by atoms with E-state index in [1.165, 1.54) is 154 Å². The number of hydrogen-bond donors (Lipinski definition) is 0. The number of rotatable bonds is 24. The minimum absolute atomic E-state index is 0.643. The molecule has 0 aromatic rings. The molecule has 2 heteroatoms. The maximum atomic E-state index is 2.67. The summed E-state index contributed by atoms with van der Waals surface area (Å²) in [5.74, 6) is 0. The van der Waals surface area contributed by atoms with Crippen LogP contribution >= 0.6 is 0 Å². The molecule has 0 amide bonds. The van der Waals surface area contributed by atoms with Crippen LogP contribution in [0.5, 0.6) is 0 Å². The number of hydrogen-bond acceptors (Lipinski definition) is 2. The molecule has 0 radical (unpaired) electrons. The highest BCUT2D eigenvalue weighted by atomic mass is 15.4. The van der Waals surface area contributed by atoms with Crippen molar-refractivity contribution in [3.05, 3.63) is 12.4 Å². The van der Waals surface area contributed by atoms with Gasteiger partial charge in [0.25, 0.3) is 0 Å². The van der Waals surface area contributed by atoms with Crippen LogP contribution in [0.2, 0.25) is 0 Å². The van der Waals surface area contributed by atoms with Crippen molar-refractivity contribution in [2.24, 2.45) is 0 Å². The quantitative estimate of drug-likeness (QED) is 0.135. The zero-order valence-electron chi connectivity index (χ0n) is 22.6. The van der Waals surface area contributed by atoms with Crippen molar-refractivity contribution in [1.82, 2.24) is 9.80 Å². The molecule has 1 rings (SSSR count). The Morgan fingerprint density at radius 3 is 1.19 bits per heavy atom. The normalized spacial score (nSPS) is 15.9. The minimum atomic E-state index is 0.643. The molecule has 32 heavy (non-hydrogen) atoms. The first-order valence-corrected chi connectivity index (χ1v) is 15.0. The molecule has 0 N–H and O–H groups in total. The molecule has 2 nitrogen and oxygen atoms in total. The van der Waals surface area contributed by atoms with Gasteiger partial charge in [0.2, 0.25) is 0 Å². The smallest absolute Gasteiger partial charge is 0.101 e. The monoisotopic (exact) mass is 448 g/mol. The number of unbranched alkanes of at least 4 members (excludes halogenated alkanes) is 18. The fourth-order valence-corrected chi connectivity index (χ4v) is 5.10. The summed E-state index contributed by atoms with van der Waals surface area (Å²) in [6.07, 6.45) is 36.6. The third kappa shape index (κ3) is 15.2. The number of nitrogens with zero attached hydrogens (tertiary/aromatic N) is 2. The molecule has 0 aromatic heterocycles. The van der Waals surface area contributed by atoms with Gasteiger partial charge in [-0.3, -0.25) is 0 Å². The Hall–Kier alpha value is -0.660. The second-order valence-electron chi connectivity index (χ2n) is 10.4. The van der Waals surface area contributed by atoms with E-state index in [9.17, 15) is 0 Å². The van der Waals surface area contributed by atoms with E-state index in [0.29, 0.717) is 6.17 Å². The summed E-state index contributed by atoms with van der Waals surface area (Å²) in [7, 11) is 0. The van der Waals surface area contributed by atoms with Crippen LogP contribution in [0.25, 0.3) is 0 Å². The van der Waals surface area contributed by atoms with Gasteiger partial charge in [0, 0.05) is 25.5 Å². The summed E-state index contributed by atoms with van der Waals surface area (Å²) in [5, 5.41) is 0. The molecule has 0 aromatic carbocycles. The van der Waals surface area contributed by atoms with Crippen LogP contribution in [0.1, 0.15) is 162 Å². The molecule has 0 bridgehead atoms. The van der Waals surface area contributed by atoms with Crippen molar-refractivity contribution in [3.8, 4) is 0 Å². The lowest BCUT2D eigenvalue weighted by molar-refractivity contribution is 0.136. The van der Waals surface area contributed by atoms with E-state index in [-0.39, 0.29) is 0 Å². The van der Waals surface area contributed by atoms with Crippen molar-refractivity contribution < 1.29 is 0 Å². The lowest BCUT2D eigenvalue weighted by Crippen LogP contribution is -2.39. The first-order valence-electron chi connectivity index (χ1n) is 15.0. The third-order valence-corrected chi connectivity index (χ3v) is 7.32. The average molecular weight is 449 g/mol. The van der Waals surface area contributed by atoms with E-state index in [4.69, 9.17) is 0 Å².